The van der Waals surface area contributed by atoms with Crippen LogP contribution in [-0.2, 0) is 9.47 Å². The van der Waals surface area contributed by atoms with Crippen LogP contribution in [0.4, 0.5) is 4.39 Å². The van der Waals surface area contributed by atoms with Gasteiger partial charge in [-0.3, -0.25) is 0 Å². The van der Waals surface area contributed by atoms with Crippen molar-refractivity contribution in [2.75, 3.05) is 20.3 Å². The van der Waals surface area contributed by atoms with Crippen molar-refractivity contribution in [3.05, 3.63) is 35.6 Å². The van der Waals surface area contributed by atoms with Crippen LogP contribution in [0.15, 0.2) is 24.3 Å². The molecular weight excluding hydrogens is 197 g/mol. The average molecular weight is 211 g/mol. The normalized spacial score (nSPS) is 26.5. The van der Waals surface area contributed by atoms with Crippen molar-refractivity contribution in [1.29, 1.82) is 0 Å². The molecule has 1 aliphatic heterocycles. The summed E-state index contributed by atoms with van der Waals surface area (Å²) in [6, 6.07) is 6.51. The van der Waals surface area contributed by atoms with E-state index in [1.54, 1.807) is 12.1 Å². The van der Waals surface area contributed by atoms with Crippen molar-refractivity contribution in [2.24, 2.45) is 0 Å². The summed E-state index contributed by atoms with van der Waals surface area (Å²) >= 11 is 0. The van der Waals surface area contributed by atoms with Gasteiger partial charge in [0.2, 0.25) is 0 Å². The van der Waals surface area contributed by atoms with E-state index in [-0.39, 0.29) is 11.9 Å². The maximum Gasteiger partial charge on any atom is 0.184 e. The Morgan fingerprint density at radius 1 is 1.33 bits per heavy atom. The number of nitrogens with one attached hydrogen (secondary N) is 1. The number of ether oxygens (including phenoxy) is 2. The first-order valence-corrected chi connectivity index (χ1v) is 4.95. The highest BCUT2D eigenvalue weighted by atomic mass is 19.1. The van der Waals surface area contributed by atoms with E-state index < -0.39 is 6.29 Å². The van der Waals surface area contributed by atoms with E-state index in [1.165, 1.54) is 12.1 Å². The van der Waals surface area contributed by atoms with Gasteiger partial charge in [0, 0.05) is 5.56 Å². The predicted octanol–water partition coefficient (Wildman–Crippen LogP) is 1.46. The van der Waals surface area contributed by atoms with Crippen LogP contribution in [-0.4, -0.2) is 26.3 Å². The fourth-order valence-electron chi connectivity index (χ4n) is 1.52. The number of rotatable bonds is 2. The highest BCUT2D eigenvalue weighted by Gasteiger charge is 2.22. The van der Waals surface area contributed by atoms with Crippen molar-refractivity contribution >= 4 is 0 Å². The summed E-state index contributed by atoms with van der Waals surface area (Å²) in [4.78, 5) is 0. The Morgan fingerprint density at radius 3 is 2.67 bits per heavy atom. The van der Waals surface area contributed by atoms with E-state index in [2.05, 4.69) is 5.32 Å². The Bertz CT molecular complexity index is 324. The molecule has 0 radical (unpaired) electrons. The molecule has 2 rings (SSSR count). The van der Waals surface area contributed by atoms with Gasteiger partial charge in [-0.1, -0.05) is 12.1 Å². The third-order valence-corrected chi connectivity index (χ3v) is 2.43. The molecule has 15 heavy (non-hydrogen) atoms. The molecule has 1 heterocycles. The zero-order chi connectivity index (χ0) is 10.7. The second-order valence-corrected chi connectivity index (χ2v) is 3.54. The fraction of sp³-hybridized carbons (Fsp3) is 0.455. The third kappa shape index (κ3) is 2.53. The standard InChI is InChI=1S/C11H14FNO2/c1-13-10-6-14-11(15-7-10)8-3-2-4-9(12)5-8/h2-5,10-11,13H,6-7H2,1H3. The Labute approximate surface area is 88.2 Å². The van der Waals surface area contributed by atoms with Crippen LogP contribution in [0.2, 0.25) is 0 Å². The van der Waals surface area contributed by atoms with Gasteiger partial charge in [-0.25, -0.2) is 4.39 Å². The highest BCUT2D eigenvalue weighted by Crippen LogP contribution is 2.23. The summed E-state index contributed by atoms with van der Waals surface area (Å²) in [7, 11) is 1.86. The van der Waals surface area contributed by atoms with Crippen molar-refractivity contribution in [2.45, 2.75) is 12.3 Å². The van der Waals surface area contributed by atoms with Crippen LogP contribution in [0.25, 0.3) is 0 Å². The molecule has 1 aliphatic rings. The molecule has 1 fully saturated rings. The minimum Gasteiger partial charge on any atom is -0.347 e. The minimum atomic E-state index is -0.440. The van der Waals surface area contributed by atoms with E-state index in [4.69, 9.17) is 9.47 Å². The van der Waals surface area contributed by atoms with Gasteiger partial charge in [-0.05, 0) is 19.2 Å². The Morgan fingerprint density at radius 2 is 2.07 bits per heavy atom. The quantitative estimate of drug-likeness (QED) is 0.803. The van der Waals surface area contributed by atoms with Crippen molar-refractivity contribution in [3.8, 4) is 0 Å². The van der Waals surface area contributed by atoms with Gasteiger partial charge in [0.25, 0.3) is 0 Å². The van der Waals surface area contributed by atoms with Crippen molar-refractivity contribution in [1.82, 2.24) is 5.32 Å². The number of hydrogen-bond acceptors (Lipinski definition) is 3. The summed E-state index contributed by atoms with van der Waals surface area (Å²) in [5.74, 6) is -0.268. The van der Waals surface area contributed by atoms with E-state index in [1.807, 2.05) is 7.05 Å². The molecule has 0 bridgehead atoms. The first kappa shape index (κ1) is 10.5. The Hall–Kier alpha value is -0.970. The molecule has 0 saturated carbocycles. The molecule has 1 aromatic rings. The zero-order valence-electron chi connectivity index (χ0n) is 8.57. The molecular formula is C11H14FNO2. The SMILES string of the molecule is CNC1COC(c2cccc(F)c2)OC1. The van der Waals surface area contributed by atoms with Gasteiger partial charge in [-0.15, -0.1) is 0 Å². The van der Waals surface area contributed by atoms with E-state index in [0.717, 1.165) is 5.56 Å². The van der Waals surface area contributed by atoms with Crippen LogP contribution < -0.4 is 5.32 Å². The second kappa shape index (κ2) is 4.70. The first-order valence-electron chi connectivity index (χ1n) is 4.95. The second-order valence-electron chi connectivity index (χ2n) is 3.54. The monoisotopic (exact) mass is 211 g/mol. The number of hydrogen-bond donors (Lipinski definition) is 1. The molecule has 0 aliphatic carbocycles. The highest BCUT2D eigenvalue weighted by molar-refractivity contribution is 5.17. The number of likely N-dealkylation sites (N-methyl/N-ethyl adjacent to an activating group) is 1. The van der Waals surface area contributed by atoms with Gasteiger partial charge < -0.3 is 14.8 Å². The van der Waals surface area contributed by atoms with Crippen LogP contribution in [0, 0.1) is 5.82 Å². The van der Waals surface area contributed by atoms with Crippen LogP contribution in [0.1, 0.15) is 11.9 Å². The molecule has 0 aromatic heterocycles. The zero-order valence-corrected chi connectivity index (χ0v) is 8.57. The average Bonchev–Trinajstić information content (AvgIpc) is 2.29. The van der Waals surface area contributed by atoms with Gasteiger partial charge >= 0.3 is 0 Å². The molecule has 82 valence electrons. The van der Waals surface area contributed by atoms with Crippen LogP contribution in [0.5, 0.6) is 0 Å². The lowest BCUT2D eigenvalue weighted by atomic mass is 10.2. The molecule has 0 amide bonds. The number of benzene rings is 1. The summed E-state index contributed by atoms with van der Waals surface area (Å²) in [5, 5.41) is 3.06. The molecule has 1 saturated heterocycles. The molecule has 3 nitrogen and oxygen atoms in total. The van der Waals surface area contributed by atoms with E-state index in [9.17, 15) is 4.39 Å². The smallest absolute Gasteiger partial charge is 0.184 e. The molecule has 0 unspecified atom stereocenters. The van der Waals surface area contributed by atoms with E-state index >= 15 is 0 Å². The van der Waals surface area contributed by atoms with E-state index in [0.29, 0.717) is 13.2 Å². The largest absolute Gasteiger partial charge is 0.347 e. The van der Waals surface area contributed by atoms with Crippen LogP contribution >= 0.6 is 0 Å². The topological polar surface area (TPSA) is 30.5 Å². The van der Waals surface area contributed by atoms with Crippen LogP contribution in [0.3, 0.4) is 0 Å². The molecule has 0 spiro atoms. The fourth-order valence-corrected chi connectivity index (χ4v) is 1.52. The summed E-state index contributed by atoms with van der Waals surface area (Å²) in [5.41, 5.74) is 0.726. The molecule has 1 aromatic carbocycles. The predicted molar refractivity (Wildman–Crippen MR) is 53.9 cm³/mol. The summed E-state index contributed by atoms with van der Waals surface area (Å²) in [6.07, 6.45) is -0.440. The Balaban J connectivity index is 2.01. The van der Waals surface area contributed by atoms with Gasteiger partial charge in [0.15, 0.2) is 6.29 Å². The van der Waals surface area contributed by atoms with Gasteiger partial charge in [0.1, 0.15) is 5.82 Å². The molecule has 0 atom stereocenters. The molecule has 1 N–H and O–H groups in total. The summed E-state index contributed by atoms with van der Waals surface area (Å²) < 4.78 is 23.9. The maximum absolute atomic E-state index is 12.9. The Kier molecular flexibility index (Phi) is 3.30. The molecule has 4 heteroatoms. The maximum atomic E-state index is 12.9. The van der Waals surface area contributed by atoms with Gasteiger partial charge in [-0.2, -0.15) is 0 Å². The number of halogens is 1. The third-order valence-electron chi connectivity index (χ3n) is 2.43. The lowest BCUT2D eigenvalue weighted by Gasteiger charge is -2.29. The lowest BCUT2D eigenvalue weighted by Crippen LogP contribution is -2.40. The minimum absolute atomic E-state index is 0.217. The first-order chi connectivity index (χ1) is 7.29. The van der Waals surface area contributed by atoms with Gasteiger partial charge in [0.05, 0.1) is 19.3 Å². The van der Waals surface area contributed by atoms with Crippen molar-refractivity contribution in [3.63, 3.8) is 0 Å². The van der Waals surface area contributed by atoms with Crippen molar-refractivity contribution < 1.29 is 13.9 Å². The summed E-state index contributed by atoms with van der Waals surface area (Å²) in [6.45, 7) is 1.16. The lowest BCUT2D eigenvalue weighted by molar-refractivity contribution is -0.193.